The molecule has 31 heavy (non-hydrogen) atoms. The van der Waals surface area contributed by atoms with E-state index >= 15 is 0 Å². The molecule has 1 unspecified atom stereocenters. The number of hydrogen-bond acceptors (Lipinski definition) is 6. The molecule has 2 aromatic heterocycles. The number of rotatable bonds is 7. The fourth-order valence-corrected chi connectivity index (χ4v) is 3.89. The van der Waals surface area contributed by atoms with E-state index in [0.717, 1.165) is 15.6 Å². The highest BCUT2D eigenvalue weighted by atomic mass is 79.9. The van der Waals surface area contributed by atoms with Gasteiger partial charge in [0.15, 0.2) is 5.76 Å². The van der Waals surface area contributed by atoms with Gasteiger partial charge in [-0.15, -0.1) is 10.2 Å². The van der Waals surface area contributed by atoms with E-state index in [2.05, 4.69) is 36.8 Å². The molecule has 4 aromatic rings. The standard InChI is InChI=1S/C22H17BrN4O3S/c23-16-10-8-15(9-11-16)21-26-27-22(31-21)25-19(28)17(13-14-5-2-1-3-6-14)24-20(29)18-7-4-12-30-18/h1-12,17H,13H2,(H,24,29)(H,25,27,28). The number of amides is 2. The van der Waals surface area contributed by atoms with E-state index in [1.165, 1.54) is 17.6 Å². The molecule has 2 N–H and O–H groups in total. The first-order valence-corrected chi connectivity index (χ1v) is 11.0. The molecule has 2 amide bonds. The van der Waals surface area contributed by atoms with Crippen molar-refractivity contribution in [2.24, 2.45) is 0 Å². The largest absolute Gasteiger partial charge is 0.459 e. The monoisotopic (exact) mass is 496 g/mol. The fourth-order valence-electron chi connectivity index (χ4n) is 2.87. The first-order chi connectivity index (χ1) is 15.1. The van der Waals surface area contributed by atoms with Gasteiger partial charge in [0, 0.05) is 16.5 Å². The Labute approximate surface area is 190 Å². The molecule has 1 atom stereocenters. The maximum absolute atomic E-state index is 13.0. The summed E-state index contributed by atoms with van der Waals surface area (Å²) in [6.45, 7) is 0. The molecule has 0 aliphatic heterocycles. The SMILES string of the molecule is O=C(NC(Cc1ccccc1)C(=O)Nc1nnc(-c2ccc(Br)cc2)s1)c1ccco1. The fraction of sp³-hybridized carbons (Fsp3) is 0.0909. The van der Waals surface area contributed by atoms with Crippen molar-refractivity contribution in [2.75, 3.05) is 5.32 Å². The predicted molar refractivity (Wildman–Crippen MR) is 122 cm³/mol. The topological polar surface area (TPSA) is 97.1 Å². The molecule has 0 fully saturated rings. The summed E-state index contributed by atoms with van der Waals surface area (Å²) in [7, 11) is 0. The number of anilines is 1. The van der Waals surface area contributed by atoms with Gasteiger partial charge in [0.2, 0.25) is 11.0 Å². The Hall–Kier alpha value is -3.30. The number of aromatic nitrogens is 2. The van der Waals surface area contributed by atoms with Crippen LogP contribution in [0.5, 0.6) is 0 Å². The molecule has 9 heteroatoms. The summed E-state index contributed by atoms with van der Waals surface area (Å²) in [5, 5.41) is 14.8. The molecule has 7 nitrogen and oxygen atoms in total. The quantitative estimate of drug-likeness (QED) is 0.391. The van der Waals surface area contributed by atoms with Crippen molar-refractivity contribution in [2.45, 2.75) is 12.5 Å². The molecule has 0 saturated carbocycles. The van der Waals surface area contributed by atoms with Crippen LogP contribution < -0.4 is 10.6 Å². The molecule has 156 valence electrons. The second-order valence-corrected chi connectivity index (χ2v) is 8.49. The Morgan fingerprint density at radius 2 is 1.77 bits per heavy atom. The molecule has 0 aliphatic rings. The third-order valence-electron chi connectivity index (χ3n) is 4.40. The zero-order valence-electron chi connectivity index (χ0n) is 16.1. The maximum atomic E-state index is 13.0. The number of halogens is 1. The van der Waals surface area contributed by atoms with E-state index < -0.39 is 11.9 Å². The number of carbonyl (C=O) groups excluding carboxylic acids is 2. The smallest absolute Gasteiger partial charge is 0.287 e. The van der Waals surface area contributed by atoms with Crippen LogP contribution in [0.2, 0.25) is 0 Å². The van der Waals surface area contributed by atoms with Crippen LogP contribution in [0.15, 0.2) is 81.9 Å². The number of carbonyl (C=O) groups is 2. The molecule has 2 aromatic carbocycles. The third-order valence-corrected chi connectivity index (χ3v) is 5.81. The van der Waals surface area contributed by atoms with Gasteiger partial charge in [-0.25, -0.2) is 0 Å². The number of benzene rings is 2. The highest BCUT2D eigenvalue weighted by Crippen LogP contribution is 2.27. The van der Waals surface area contributed by atoms with Crippen molar-refractivity contribution in [3.05, 3.63) is 88.8 Å². The normalized spacial score (nSPS) is 11.6. The lowest BCUT2D eigenvalue weighted by Crippen LogP contribution is -2.45. The average Bonchev–Trinajstić information content (AvgIpc) is 3.47. The van der Waals surface area contributed by atoms with Gasteiger partial charge in [0.25, 0.3) is 5.91 Å². The van der Waals surface area contributed by atoms with Crippen molar-refractivity contribution < 1.29 is 14.0 Å². The van der Waals surface area contributed by atoms with E-state index in [4.69, 9.17) is 4.42 Å². The Morgan fingerprint density at radius 3 is 2.48 bits per heavy atom. The lowest BCUT2D eigenvalue weighted by Gasteiger charge is -2.17. The van der Waals surface area contributed by atoms with Gasteiger partial charge in [-0.3, -0.25) is 14.9 Å². The lowest BCUT2D eigenvalue weighted by molar-refractivity contribution is -0.118. The van der Waals surface area contributed by atoms with E-state index in [-0.39, 0.29) is 11.7 Å². The van der Waals surface area contributed by atoms with Crippen molar-refractivity contribution in [3.63, 3.8) is 0 Å². The number of furan rings is 1. The summed E-state index contributed by atoms with van der Waals surface area (Å²) in [6, 6.07) is 19.5. The Balaban J connectivity index is 1.50. The van der Waals surface area contributed by atoms with E-state index in [0.29, 0.717) is 16.6 Å². The molecule has 0 aliphatic carbocycles. The van der Waals surface area contributed by atoms with Gasteiger partial charge in [-0.2, -0.15) is 0 Å². The van der Waals surface area contributed by atoms with Gasteiger partial charge in [0.05, 0.1) is 6.26 Å². The van der Waals surface area contributed by atoms with Crippen molar-refractivity contribution in [1.29, 1.82) is 0 Å². The predicted octanol–water partition coefficient (Wildman–Crippen LogP) is 4.54. The minimum Gasteiger partial charge on any atom is -0.459 e. The van der Waals surface area contributed by atoms with Gasteiger partial charge in [0.1, 0.15) is 11.0 Å². The molecule has 0 radical (unpaired) electrons. The van der Waals surface area contributed by atoms with Crippen LogP contribution in [-0.2, 0) is 11.2 Å². The van der Waals surface area contributed by atoms with Crippen molar-refractivity contribution in [3.8, 4) is 10.6 Å². The van der Waals surface area contributed by atoms with Gasteiger partial charge in [-0.1, -0.05) is 69.7 Å². The third kappa shape index (κ3) is 5.44. The Kier molecular flexibility index (Phi) is 6.54. The zero-order valence-corrected chi connectivity index (χ0v) is 18.5. The van der Waals surface area contributed by atoms with E-state index in [1.807, 2.05) is 54.6 Å². The number of nitrogens with zero attached hydrogens (tertiary/aromatic N) is 2. The van der Waals surface area contributed by atoms with Crippen LogP contribution in [-0.4, -0.2) is 28.1 Å². The molecule has 4 rings (SSSR count). The second kappa shape index (κ2) is 9.67. The first-order valence-electron chi connectivity index (χ1n) is 9.37. The van der Waals surface area contributed by atoms with Crippen LogP contribution >= 0.6 is 27.3 Å². The molecule has 0 spiro atoms. The second-order valence-electron chi connectivity index (χ2n) is 6.60. The van der Waals surface area contributed by atoms with Crippen LogP contribution in [0.25, 0.3) is 10.6 Å². The van der Waals surface area contributed by atoms with Gasteiger partial charge >= 0.3 is 0 Å². The lowest BCUT2D eigenvalue weighted by atomic mass is 10.1. The number of nitrogens with one attached hydrogen (secondary N) is 2. The summed E-state index contributed by atoms with van der Waals surface area (Å²) in [4.78, 5) is 25.5. The van der Waals surface area contributed by atoms with Gasteiger partial charge in [-0.05, 0) is 29.8 Å². The maximum Gasteiger partial charge on any atom is 0.287 e. The first kappa shape index (κ1) is 21.0. The average molecular weight is 497 g/mol. The molecule has 2 heterocycles. The Bertz CT molecular complexity index is 1160. The number of hydrogen-bond donors (Lipinski definition) is 2. The molecule has 0 bridgehead atoms. The van der Waals surface area contributed by atoms with E-state index in [1.54, 1.807) is 12.1 Å². The summed E-state index contributed by atoms with van der Waals surface area (Å²) in [5.74, 6) is -0.713. The zero-order chi connectivity index (χ0) is 21.6. The minimum absolute atomic E-state index is 0.138. The van der Waals surface area contributed by atoms with Crippen LogP contribution in [0.1, 0.15) is 16.1 Å². The molecular formula is C22H17BrN4O3S. The van der Waals surface area contributed by atoms with E-state index in [9.17, 15) is 9.59 Å². The summed E-state index contributed by atoms with van der Waals surface area (Å²) in [6.07, 6.45) is 1.73. The van der Waals surface area contributed by atoms with Crippen LogP contribution in [0, 0.1) is 0 Å². The van der Waals surface area contributed by atoms with Crippen LogP contribution in [0.3, 0.4) is 0 Å². The highest BCUT2D eigenvalue weighted by Gasteiger charge is 2.24. The minimum atomic E-state index is -0.819. The summed E-state index contributed by atoms with van der Waals surface area (Å²) < 4.78 is 6.10. The molecule has 0 saturated heterocycles. The summed E-state index contributed by atoms with van der Waals surface area (Å²) in [5.41, 5.74) is 1.81. The van der Waals surface area contributed by atoms with Gasteiger partial charge < -0.3 is 9.73 Å². The van der Waals surface area contributed by atoms with Crippen molar-refractivity contribution in [1.82, 2.24) is 15.5 Å². The molecular weight excluding hydrogens is 480 g/mol. The Morgan fingerprint density at radius 1 is 1.00 bits per heavy atom. The summed E-state index contributed by atoms with van der Waals surface area (Å²) >= 11 is 4.66. The van der Waals surface area contributed by atoms with Crippen molar-refractivity contribution >= 4 is 44.2 Å². The highest BCUT2D eigenvalue weighted by molar-refractivity contribution is 9.10. The van der Waals surface area contributed by atoms with Crippen LogP contribution in [0.4, 0.5) is 5.13 Å².